The first kappa shape index (κ1) is 19.1. The maximum atomic E-state index is 13.3. The Morgan fingerprint density at radius 1 is 1.11 bits per heavy atom. The molecule has 5 heteroatoms. The number of hydrogen-bond donors (Lipinski definition) is 2. The Hall–Kier alpha value is -2.66. The second kappa shape index (κ2) is 8.35. The minimum absolute atomic E-state index is 0.0377. The summed E-state index contributed by atoms with van der Waals surface area (Å²) in [5.41, 5.74) is 2.25. The topological polar surface area (TPSA) is 69.6 Å². The highest BCUT2D eigenvalue weighted by Gasteiger charge is 2.49. The fraction of sp³-hybridized carbons (Fsp3) is 0.364. The van der Waals surface area contributed by atoms with Crippen LogP contribution in [-0.4, -0.2) is 37.1 Å². The van der Waals surface area contributed by atoms with Gasteiger partial charge in [-0.1, -0.05) is 48.5 Å². The molecule has 5 nitrogen and oxygen atoms in total. The lowest BCUT2D eigenvalue weighted by atomic mass is 9.73. The zero-order valence-corrected chi connectivity index (χ0v) is 15.6. The highest BCUT2D eigenvalue weighted by Crippen LogP contribution is 2.46. The van der Waals surface area contributed by atoms with E-state index in [2.05, 4.69) is 5.32 Å². The number of para-hydroxylation sites is 1. The van der Waals surface area contributed by atoms with Crippen LogP contribution in [0.1, 0.15) is 30.4 Å². The molecule has 1 heterocycles. The largest absolute Gasteiger partial charge is 0.396 e. The molecule has 1 aliphatic rings. The van der Waals surface area contributed by atoms with Crippen LogP contribution in [0, 0.1) is 0 Å². The fourth-order valence-electron chi connectivity index (χ4n) is 3.88. The van der Waals surface area contributed by atoms with Crippen LogP contribution in [0.5, 0.6) is 0 Å². The first-order valence-corrected chi connectivity index (χ1v) is 9.37. The zero-order valence-electron chi connectivity index (χ0n) is 15.6. The number of fused-ring (bicyclic) bond motifs is 1. The molecule has 2 amide bonds. The Balaban J connectivity index is 1.89. The summed E-state index contributed by atoms with van der Waals surface area (Å²) < 4.78 is 0. The van der Waals surface area contributed by atoms with Crippen molar-refractivity contribution in [3.63, 3.8) is 0 Å². The molecule has 0 aromatic heterocycles. The molecule has 0 aliphatic carbocycles. The molecule has 2 N–H and O–H groups in total. The van der Waals surface area contributed by atoms with Gasteiger partial charge in [-0.3, -0.25) is 9.59 Å². The van der Waals surface area contributed by atoms with Gasteiger partial charge in [0, 0.05) is 32.3 Å². The maximum absolute atomic E-state index is 13.3. The van der Waals surface area contributed by atoms with Gasteiger partial charge >= 0.3 is 0 Å². The number of hydrogen-bond acceptors (Lipinski definition) is 3. The highest BCUT2D eigenvalue weighted by atomic mass is 16.3. The van der Waals surface area contributed by atoms with E-state index in [-0.39, 0.29) is 24.8 Å². The Kier molecular flexibility index (Phi) is 5.91. The molecular weight excluding hydrogens is 340 g/mol. The van der Waals surface area contributed by atoms with Crippen molar-refractivity contribution < 1.29 is 14.7 Å². The van der Waals surface area contributed by atoms with E-state index in [0.29, 0.717) is 25.8 Å². The lowest BCUT2D eigenvalue weighted by molar-refractivity contribution is -0.124. The summed E-state index contributed by atoms with van der Waals surface area (Å²) in [6.07, 6.45) is 1.82. The van der Waals surface area contributed by atoms with Crippen molar-refractivity contribution in [1.82, 2.24) is 5.32 Å². The summed E-state index contributed by atoms with van der Waals surface area (Å²) >= 11 is 0. The summed E-state index contributed by atoms with van der Waals surface area (Å²) in [6.45, 7) is 0.500. The number of anilines is 1. The van der Waals surface area contributed by atoms with E-state index < -0.39 is 5.41 Å². The number of rotatable bonds is 8. The number of likely N-dealkylation sites (N-methyl/N-ethyl adjacent to an activating group) is 1. The zero-order chi connectivity index (χ0) is 19.3. The van der Waals surface area contributed by atoms with Gasteiger partial charge in [-0.2, -0.15) is 0 Å². The monoisotopic (exact) mass is 366 g/mol. The van der Waals surface area contributed by atoms with Gasteiger partial charge in [-0.05, 0) is 36.5 Å². The molecule has 0 fully saturated rings. The summed E-state index contributed by atoms with van der Waals surface area (Å²) in [5, 5.41) is 11.7. The number of nitrogens with one attached hydrogen (secondary N) is 1. The van der Waals surface area contributed by atoms with Crippen LogP contribution in [0.2, 0.25) is 0 Å². The van der Waals surface area contributed by atoms with E-state index in [9.17, 15) is 9.59 Å². The van der Waals surface area contributed by atoms with Gasteiger partial charge in [0.15, 0.2) is 0 Å². The maximum Gasteiger partial charge on any atom is 0.237 e. The lowest BCUT2D eigenvalue weighted by Crippen LogP contribution is -2.41. The summed E-state index contributed by atoms with van der Waals surface area (Å²) in [7, 11) is 1.80. The van der Waals surface area contributed by atoms with Crippen LogP contribution >= 0.6 is 0 Å². The molecule has 0 spiro atoms. The molecule has 142 valence electrons. The van der Waals surface area contributed by atoms with Gasteiger partial charge in [-0.15, -0.1) is 0 Å². The average Bonchev–Trinajstić information content (AvgIpc) is 2.90. The molecule has 1 atom stereocenters. The van der Waals surface area contributed by atoms with Crippen molar-refractivity contribution in [1.29, 1.82) is 0 Å². The molecule has 3 rings (SSSR count). The number of aliphatic hydroxyl groups is 1. The van der Waals surface area contributed by atoms with Crippen molar-refractivity contribution in [2.45, 2.75) is 31.1 Å². The number of carbonyl (C=O) groups excluding carboxylic acids is 2. The Labute approximate surface area is 160 Å². The van der Waals surface area contributed by atoms with Crippen molar-refractivity contribution >= 4 is 17.5 Å². The van der Waals surface area contributed by atoms with Gasteiger partial charge in [-0.25, -0.2) is 0 Å². The molecule has 0 radical (unpaired) electrons. The van der Waals surface area contributed by atoms with E-state index in [0.717, 1.165) is 16.8 Å². The Morgan fingerprint density at radius 3 is 2.56 bits per heavy atom. The third-order valence-electron chi connectivity index (χ3n) is 5.28. The molecule has 1 aliphatic heterocycles. The SMILES string of the molecule is CN1C(=O)[C@@](CCC(=O)NCCCO)(Cc2ccccc2)c2ccccc21. The minimum atomic E-state index is -0.735. The predicted molar refractivity (Wildman–Crippen MR) is 106 cm³/mol. The third kappa shape index (κ3) is 3.88. The standard InChI is InChI=1S/C22H26N2O3/c1-24-19-11-6-5-10-18(19)22(21(24)27,16-17-8-3-2-4-9-17)13-12-20(26)23-14-7-15-25/h2-6,8-11,25H,7,12-16H2,1H3,(H,23,26)/t22-/m0/s1. The number of carbonyl (C=O) groups is 2. The molecular formula is C22H26N2O3. The van der Waals surface area contributed by atoms with Crippen LogP contribution in [-0.2, 0) is 21.4 Å². The van der Waals surface area contributed by atoms with Gasteiger partial charge < -0.3 is 15.3 Å². The molecule has 0 saturated carbocycles. The molecule has 0 saturated heterocycles. The normalized spacial score (nSPS) is 18.4. The Bertz CT molecular complexity index is 806. The average molecular weight is 366 g/mol. The quantitative estimate of drug-likeness (QED) is 0.705. The van der Waals surface area contributed by atoms with Crippen LogP contribution in [0.15, 0.2) is 54.6 Å². The van der Waals surface area contributed by atoms with E-state index in [4.69, 9.17) is 5.11 Å². The van der Waals surface area contributed by atoms with Crippen molar-refractivity contribution in [2.24, 2.45) is 0 Å². The fourth-order valence-corrected chi connectivity index (χ4v) is 3.88. The van der Waals surface area contributed by atoms with Gasteiger partial charge in [0.1, 0.15) is 0 Å². The smallest absolute Gasteiger partial charge is 0.237 e. The van der Waals surface area contributed by atoms with E-state index in [1.54, 1.807) is 11.9 Å². The second-order valence-electron chi connectivity index (χ2n) is 7.05. The first-order chi connectivity index (χ1) is 13.1. The van der Waals surface area contributed by atoms with Gasteiger partial charge in [0.05, 0.1) is 5.41 Å². The highest BCUT2D eigenvalue weighted by molar-refractivity contribution is 6.08. The van der Waals surface area contributed by atoms with Crippen LogP contribution in [0.25, 0.3) is 0 Å². The van der Waals surface area contributed by atoms with Crippen LogP contribution in [0.4, 0.5) is 5.69 Å². The van der Waals surface area contributed by atoms with Gasteiger partial charge in [0.25, 0.3) is 0 Å². The van der Waals surface area contributed by atoms with Gasteiger partial charge in [0.2, 0.25) is 11.8 Å². The third-order valence-corrected chi connectivity index (χ3v) is 5.28. The van der Waals surface area contributed by atoms with Crippen LogP contribution in [0.3, 0.4) is 0 Å². The number of nitrogens with zero attached hydrogens (tertiary/aromatic N) is 1. The molecule has 0 bridgehead atoms. The van der Waals surface area contributed by atoms with E-state index >= 15 is 0 Å². The Morgan fingerprint density at radius 2 is 1.81 bits per heavy atom. The molecule has 2 aromatic carbocycles. The molecule has 27 heavy (non-hydrogen) atoms. The van der Waals surface area contributed by atoms with E-state index in [1.807, 2.05) is 54.6 Å². The number of aliphatic hydroxyl groups excluding tert-OH is 1. The second-order valence-corrected chi connectivity index (χ2v) is 7.05. The molecule has 2 aromatic rings. The van der Waals surface area contributed by atoms with E-state index in [1.165, 1.54) is 0 Å². The lowest BCUT2D eigenvalue weighted by Gasteiger charge is -2.28. The summed E-state index contributed by atoms with van der Waals surface area (Å²) in [4.78, 5) is 27.3. The number of benzene rings is 2. The van der Waals surface area contributed by atoms with Crippen LogP contribution < -0.4 is 10.2 Å². The van der Waals surface area contributed by atoms with Crippen molar-refractivity contribution in [3.8, 4) is 0 Å². The minimum Gasteiger partial charge on any atom is -0.396 e. The first-order valence-electron chi connectivity index (χ1n) is 9.37. The van der Waals surface area contributed by atoms with Crippen molar-refractivity contribution in [3.05, 3.63) is 65.7 Å². The molecule has 0 unspecified atom stereocenters. The number of amides is 2. The summed E-state index contributed by atoms with van der Waals surface area (Å²) in [6, 6.07) is 17.8. The predicted octanol–water partition coefficient (Wildman–Crippen LogP) is 2.42. The van der Waals surface area contributed by atoms with Crippen molar-refractivity contribution in [2.75, 3.05) is 25.1 Å². The summed E-state index contributed by atoms with van der Waals surface area (Å²) in [5.74, 6) is -0.0496.